The third kappa shape index (κ3) is 2.58. The SMILES string of the molecule is CC1OCCC1N(C)c1cc([C@H](C)N)ccn1. The van der Waals surface area contributed by atoms with Crippen LogP contribution in [0.4, 0.5) is 5.82 Å². The number of hydrogen-bond donors (Lipinski definition) is 1. The second-order valence-corrected chi connectivity index (χ2v) is 4.78. The normalized spacial score (nSPS) is 25.9. The van der Waals surface area contributed by atoms with E-state index in [4.69, 9.17) is 10.5 Å². The van der Waals surface area contributed by atoms with Crippen molar-refractivity contribution in [2.45, 2.75) is 38.5 Å². The highest BCUT2D eigenvalue weighted by Gasteiger charge is 2.28. The van der Waals surface area contributed by atoms with Crippen LogP contribution in [-0.2, 0) is 4.74 Å². The highest BCUT2D eigenvalue weighted by molar-refractivity contribution is 5.42. The van der Waals surface area contributed by atoms with Crippen LogP contribution in [0.2, 0.25) is 0 Å². The Morgan fingerprint density at radius 1 is 1.59 bits per heavy atom. The second-order valence-electron chi connectivity index (χ2n) is 4.78. The maximum Gasteiger partial charge on any atom is 0.128 e. The van der Waals surface area contributed by atoms with Crippen molar-refractivity contribution < 1.29 is 4.74 Å². The lowest BCUT2D eigenvalue weighted by Gasteiger charge is -2.28. The van der Waals surface area contributed by atoms with Gasteiger partial charge in [-0.25, -0.2) is 4.98 Å². The Labute approximate surface area is 103 Å². The molecular weight excluding hydrogens is 214 g/mol. The minimum absolute atomic E-state index is 0.0439. The number of hydrogen-bond acceptors (Lipinski definition) is 4. The standard InChI is InChI=1S/C13H21N3O/c1-9(14)11-4-6-15-13(8-11)16(3)12-5-7-17-10(12)2/h4,6,8-10,12H,5,7,14H2,1-3H3/t9-,10?,12?/m0/s1. The van der Waals surface area contributed by atoms with E-state index in [2.05, 4.69) is 29.9 Å². The molecule has 1 aliphatic heterocycles. The maximum absolute atomic E-state index is 5.89. The summed E-state index contributed by atoms with van der Waals surface area (Å²) in [6, 6.07) is 4.49. The lowest BCUT2D eigenvalue weighted by molar-refractivity contribution is 0.118. The van der Waals surface area contributed by atoms with Crippen LogP contribution in [0.3, 0.4) is 0 Å². The highest BCUT2D eigenvalue weighted by Crippen LogP contribution is 2.24. The fourth-order valence-electron chi connectivity index (χ4n) is 2.31. The Bertz CT molecular complexity index is 381. The Morgan fingerprint density at radius 2 is 2.35 bits per heavy atom. The molecule has 2 rings (SSSR count). The van der Waals surface area contributed by atoms with E-state index < -0.39 is 0 Å². The van der Waals surface area contributed by atoms with Crippen LogP contribution in [0.25, 0.3) is 0 Å². The van der Waals surface area contributed by atoms with Gasteiger partial charge in [-0.15, -0.1) is 0 Å². The van der Waals surface area contributed by atoms with Gasteiger partial charge in [0, 0.05) is 25.9 Å². The zero-order chi connectivity index (χ0) is 12.4. The minimum Gasteiger partial charge on any atom is -0.376 e. The van der Waals surface area contributed by atoms with Gasteiger partial charge >= 0.3 is 0 Å². The largest absolute Gasteiger partial charge is 0.376 e. The molecular formula is C13H21N3O. The van der Waals surface area contributed by atoms with E-state index in [0.717, 1.165) is 24.4 Å². The molecule has 0 spiro atoms. The first kappa shape index (κ1) is 12.3. The molecule has 1 aromatic rings. The molecule has 2 N–H and O–H groups in total. The number of pyridine rings is 1. The zero-order valence-electron chi connectivity index (χ0n) is 10.8. The molecule has 94 valence electrons. The van der Waals surface area contributed by atoms with Crippen molar-refractivity contribution in [2.75, 3.05) is 18.6 Å². The predicted molar refractivity (Wildman–Crippen MR) is 69.1 cm³/mol. The number of ether oxygens (including phenoxy) is 1. The van der Waals surface area contributed by atoms with Crippen molar-refractivity contribution in [3.8, 4) is 0 Å². The van der Waals surface area contributed by atoms with Gasteiger partial charge in [-0.1, -0.05) is 0 Å². The van der Waals surface area contributed by atoms with Crippen LogP contribution in [0.15, 0.2) is 18.3 Å². The Balaban J connectivity index is 2.18. The molecule has 4 heteroatoms. The molecule has 17 heavy (non-hydrogen) atoms. The van der Waals surface area contributed by atoms with Crippen LogP contribution in [0.5, 0.6) is 0 Å². The Kier molecular flexibility index (Phi) is 3.64. The molecule has 0 bridgehead atoms. The molecule has 1 aliphatic rings. The second kappa shape index (κ2) is 5.02. The number of aromatic nitrogens is 1. The van der Waals surface area contributed by atoms with Gasteiger partial charge in [0.1, 0.15) is 5.82 Å². The first-order valence-corrected chi connectivity index (χ1v) is 6.15. The quantitative estimate of drug-likeness (QED) is 0.866. The van der Waals surface area contributed by atoms with E-state index >= 15 is 0 Å². The van der Waals surface area contributed by atoms with E-state index in [1.165, 1.54) is 0 Å². The van der Waals surface area contributed by atoms with E-state index in [0.29, 0.717) is 6.04 Å². The van der Waals surface area contributed by atoms with E-state index in [1.807, 2.05) is 19.2 Å². The van der Waals surface area contributed by atoms with E-state index in [-0.39, 0.29) is 12.1 Å². The van der Waals surface area contributed by atoms with Crippen molar-refractivity contribution >= 4 is 5.82 Å². The number of rotatable bonds is 3. The van der Waals surface area contributed by atoms with Gasteiger partial charge in [0.05, 0.1) is 12.1 Å². The van der Waals surface area contributed by atoms with Gasteiger partial charge in [-0.05, 0) is 38.0 Å². The van der Waals surface area contributed by atoms with Crippen molar-refractivity contribution in [2.24, 2.45) is 5.73 Å². The summed E-state index contributed by atoms with van der Waals surface area (Å²) in [7, 11) is 2.07. The van der Waals surface area contributed by atoms with Gasteiger partial charge in [0.25, 0.3) is 0 Å². The summed E-state index contributed by atoms with van der Waals surface area (Å²) in [5.41, 5.74) is 7.01. The van der Waals surface area contributed by atoms with Crippen LogP contribution in [-0.4, -0.2) is 30.8 Å². The summed E-state index contributed by atoms with van der Waals surface area (Å²) in [6.45, 7) is 4.94. The van der Waals surface area contributed by atoms with Gasteiger partial charge in [0.2, 0.25) is 0 Å². The smallest absolute Gasteiger partial charge is 0.128 e. The average molecular weight is 235 g/mol. The molecule has 0 amide bonds. The summed E-state index contributed by atoms with van der Waals surface area (Å²) in [5.74, 6) is 0.974. The van der Waals surface area contributed by atoms with E-state index in [1.54, 1.807) is 0 Å². The fraction of sp³-hybridized carbons (Fsp3) is 0.615. The Hall–Kier alpha value is -1.13. The van der Waals surface area contributed by atoms with Crippen molar-refractivity contribution in [1.29, 1.82) is 0 Å². The molecule has 0 aliphatic carbocycles. The molecule has 4 nitrogen and oxygen atoms in total. The Morgan fingerprint density at radius 3 is 2.94 bits per heavy atom. The molecule has 0 saturated carbocycles. The predicted octanol–water partition coefficient (Wildman–Crippen LogP) is 1.71. The first-order valence-electron chi connectivity index (χ1n) is 6.15. The first-order chi connectivity index (χ1) is 8.09. The molecule has 1 aromatic heterocycles. The summed E-state index contributed by atoms with van der Waals surface area (Å²) >= 11 is 0. The molecule has 1 saturated heterocycles. The van der Waals surface area contributed by atoms with Crippen LogP contribution in [0.1, 0.15) is 31.9 Å². The van der Waals surface area contributed by atoms with Gasteiger partial charge in [0.15, 0.2) is 0 Å². The van der Waals surface area contributed by atoms with Gasteiger partial charge < -0.3 is 15.4 Å². The van der Waals surface area contributed by atoms with Crippen molar-refractivity contribution in [3.05, 3.63) is 23.9 Å². The highest BCUT2D eigenvalue weighted by atomic mass is 16.5. The zero-order valence-corrected chi connectivity index (χ0v) is 10.8. The monoisotopic (exact) mass is 235 g/mol. The molecule has 3 atom stereocenters. The molecule has 2 heterocycles. The third-order valence-corrected chi connectivity index (χ3v) is 3.49. The van der Waals surface area contributed by atoms with Gasteiger partial charge in [-0.3, -0.25) is 0 Å². The number of likely N-dealkylation sites (N-methyl/N-ethyl adjacent to an activating group) is 1. The fourth-order valence-corrected chi connectivity index (χ4v) is 2.31. The molecule has 2 unspecified atom stereocenters. The number of nitrogens with zero attached hydrogens (tertiary/aromatic N) is 2. The average Bonchev–Trinajstić information content (AvgIpc) is 2.74. The topological polar surface area (TPSA) is 51.4 Å². The lowest BCUT2D eigenvalue weighted by atomic mass is 10.1. The van der Waals surface area contributed by atoms with Crippen LogP contribution < -0.4 is 10.6 Å². The lowest BCUT2D eigenvalue weighted by Crippen LogP contribution is -2.37. The van der Waals surface area contributed by atoms with Gasteiger partial charge in [-0.2, -0.15) is 0 Å². The summed E-state index contributed by atoms with van der Waals surface area (Å²) in [5, 5.41) is 0. The van der Waals surface area contributed by atoms with Crippen molar-refractivity contribution in [1.82, 2.24) is 4.98 Å². The van der Waals surface area contributed by atoms with Crippen LogP contribution >= 0.6 is 0 Å². The molecule has 1 fully saturated rings. The molecule has 0 radical (unpaired) electrons. The third-order valence-electron chi connectivity index (χ3n) is 3.49. The summed E-state index contributed by atoms with van der Waals surface area (Å²) < 4.78 is 5.59. The number of anilines is 1. The summed E-state index contributed by atoms with van der Waals surface area (Å²) in [4.78, 5) is 6.61. The minimum atomic E-state index is 0.0439. The number of nitrogens with two attached hydrogens (primary N) is 1. The molecule has 0 aromatic carbocycles. The van der Waals surface area contributed by atoms with Crippen LogP contribution in [0, 0.1) is 0 Å². The van der Waals surface area contributed by atoms with Crippen molar-refractivity contribution in [3.63, 3.8) is 0 Å². The van der Waals surface area contributed by atoms with E-state index in [9.17, 15) is 0 Å². The maximum atomic E-state index is 5.89. The summed E-state index contributed by atoms with van der Waals surface area (Å²) in [6.07, 6.45) is 3.15.